The van der Waals surface area contributed by atoms with Crippen LogP contribution in [0.15, 0.2) is 0 Å². The highest BCUT2D eigenvalue weighted by Crippen LogP contribution is 2.12. The lowest BCUT2D eigenvalue weighted by atomic mass is 10.3. The Kier molecular flexibility index (Phi) is 6.25. The molecule has 5 nitrogen and oxygen atoms in total. The smallest absolute Gasteiger partial charge is 0.411 e. The van der Waals surface area contributed by atoms with Gasteiger partial charge in [0.2, 0.25) is 4.87 Å². The van der Waals surface area contributed by atoms with Crippen molar-refractivity contribution in [3.8, 4) is 0 Å². The van der Waals surface area contributed by atoms with Crippen LogP contribution in [-0.4, -0.2) is 36.1 Å². The zero-order valence-electron chi connectivity index (χ0n) is 10.2. The van der Waals surface area contributed by atoms with Gasteiger partial charge in [0.05, 0.1) is 6.61 Å². The molecular formula is C10H19NO4S. The van der Waals surface area contributed by atoms with Crippen LogP contribution in [0.2, 0.25) is 0 Å². The molecule has 1 unspecified atom stereocenters. The molecule has 0 rings (SSSR count). The first-order valence-electron chi connectivity index (χ1n) is 5.08. The number of hydrogen-bond donors (Lipinski definition) is 1. The van der Waals surface area contributed by atoms with Crippen LogP contribution < -0.4 is 10.4 Å². The summed E-state index contributed by atoms with van der Waals surface area (Å²) in [6.07, 6.45) is 4.42. The number of carboxylic acids is 1. The van der Waals surface area contributed by atoms with Gasteiger partial charge in [0, 0.05) is 17.8 Å². The normalized spacial score (nSPS) is 14.3. The van der Waals surface area contributed by atoms with Crippen LogP contribution in [0.4, 0.5) is 4.79 Å². The van der Waals surface area contributed by atoms with Crippen molar-refractivity contribution in [3.05, 3.63) is 0 Å². The van der Waals surface area contributed by atoms with Crippen LogP contribution >= 0.6 is 0 Å². The van der Waals surface area contributed by atoms with E-state index in [-0.39, 0.29) is 0 Å². The number of hydrogen-bond acceptors (Lipinski definition) is 4. The van der Waals surface area contributed by atoms with E-state index in [1.54, 1.807) is 12.5 Å². The molecule has 0 aliphatic rings. The third-order valence-corrected chi connectivity index (χ3v) is 4.18. The Balaban J connectivity index is 4.31. The lowest BCUT2D eigenvalue weighted by molar-refractivity contribution is -0.309. The number of carbonyl (C=O) groups excluding carboxylic acids is 2. The van der Waals surface area contributed by atoms with E-state index in [1.807, 2.05) is 6.92 Å². The predicted molar refractivity (Wildman–Crippen MR) is 62.0 cm³/mol. The van der Waals surface area contributed by atoms with Crippen LogP contribution in [-0.2, 0) is 20.4 Å². The van der Waals surface area contributed by atoms with Crippen molar-refractivity contribution in [1.29, 1.82) is 0 Å². The van der Waals surface area contributed by atoms with Crippen molar-refractivity contribution < 1.29 is 19.4 Å². The number of unbranched alkanes of at least 4 members (excludes halogenated alkanes) is 1. The minimum absolute atomic E-state index is 0.298. The van der Waals surface area contributed by atoms with Crippen LogP contribution in [0.5, 0.6) is 0 Å². The van der Waals surface area contributed by atoms with Gasteiger partial charge in [-0.15, -0.1) is 0 Å². The van der Waals surface area contributed by atoms with Crippen LogP contribution in [0.1, 0.15) is 26.7 Å². The molecule has 0 heterocycles. The second-order valence-electron chi connectivity index (χ2n) is 3.75. The van der Waals surface area contributed by atoms with Gasteiger partial charge < -0.3 is 14.6 Å². The predicted octanol–water partition coefficient (Wildman–Crippen LogP) is -0.143. The zero-order chi connectivity index (χ0) is 12.8. The summed E-state index contributed by atoms with van der Waals surface area (Å²) in [4.78, 5) is 20.9. The van der Waals surface area contributed by atoms with E-state index in [4.69, 9.17) is 4.74 Å². The summed E-state index contributed by atoms with van der Waals surface area (Å²) in [6, 6.07) is 0. The van der Waals surface area contributed by atoms with Gasteiger partial charge in [-0.3, -0.25) is 5.32 Å². The molecular weight excluding hydrogens is 230 g/mol. The van der Waals surface area contributed by atoms with Crippen molar-refractivity contribution in [2.75, 3.05) is 19.1 Å². The van der Waals surface area contributed by atoms with Gasteiger partial charge in [0.15, 0.2) is 0 Å². The van der Waals surface area contributed by atoms with Gasteiger partial charge in [-0.2, -0.15) is 0 Å². The number of carbonyl (C=O) groups is 2. The quantitative estimate of drug-likeness (QED) is 0.525. The highest BCUT2D eigenvalue weighted by atomic mass is 32.2. The Morgan fingerprint density at radius 1 is 1.44 bits per heavy atom. The lowest BCUT2D eigenvalue weighted by Gasteiger charge is -2.27. The fourth-order valence-electron chi connectivity index (χ4n) is 0.860. The molecule has 0 aromatic heterocycles. The maximum atomic E-state index is 11.3. The minimum atomic E-state index is -1.37. The van der Waals surface area contributed by atoms with Gasteiger partial charge in [-0.05, 0) is 6.42 Å². The summed E-state index contributed by atoms with van der Waals surface area (Å²) in [5.74, 6) is -1.30. The lowest BCUT2D eigenvalue weighted by Crippen LogP contribution is -2.62. The van der Waals surface area contributed by atoms with Crippen molar-refractivity contribution in [3.63, 3.8) is 0 Å². The highest BCUT2D eigenvalue weighted by molar-refractivity contribution is 7.97. The summed E-state index contributed by atoms with van der Waals surface area (Å²) >= 11 is 0. The average molecular weight is 249 g/mol. The SMILES string of the molecule is CCCCOC(=O)NC(C)(C(=O)[O-])[S+](C)C. The van der Waals surface area contributed by atoms with E-state index in [1.165, 1.54) is 6.92 Å². The largest absolute Gasteiger partial charge is 0.543 e. The second kappa shape index (κ2) is 6.62. The van der Waals surface area contributed by atoms with Crippen LogP contribution in [0, 0.1) is 0 Å². The Bertz CT molecular complexity index is 257. The topological polar surface area (TPSA) is 78.5 Å². The maximum Gasteiger partial charge on any atom is 0.411 e. The van der Waals surface area contributed by atoms with E-state index in [0.717, 1.165) is 12.8 Å². The standard InChI is InChI=1S/C10H19NO4S/c1-5-6-7-15-9(14)11-10(2,8(12)13)16(3)4/h5-7H2,1-4H3,(H-,11,12,13,14). The summed E-state index contributed by atoms with van der Waals surface area (Å²) in [6.45, 7) is 3.70. The molecule has 0 saturated heterocycles. The molecule has 1 amide bonds. The molecule has 6 heteroatoms. The highest BCUT2D eigenvalue weighted by Gasteiger charge is 2.41. The van der Waals surface area contributed by atoms with Crippen molar-refractivity contribution in [1.82, 2.24) is 5.32 Å². The molecule has 0 bridgehead atoms. The van der Waals surface area contributed by atoms with Crippen molar-refractivity contribution in [2.24, 2.45) is 0 Å². The fourth-order valence-corrected chi connectivity index (χ4v) is 1.48. The molecule has 0 aromatic carbocycles. The Hall–Kier alpha value is -0.910. The number of carboxylic acid groups (broad SMARTS) is 1. The van der Waals surface area contributed by atoms with Gasteiger partial charge >= 0.3 is 6.09 Å². The Morgan fingerprint density at radius 2 is 2.00 bits per heavy atom. The molecule has 0 fully saturated rings. The molecule has 0 aliphatic carbocycles. The first kappa shape index (κ1) is 15.1. The number of alkyl carbamates (subject to hydrolysis) is 1. The summed E-state index contributed by atoms with van der Waals surface area (Å²) in [7, 11) is -0.551. The van der Waals surface area contributed by atoms with E-state index >= 15 is 0 Å². The Labute approximate surface area is 98.9 Å². The molecule has 0 saturated carbocycles. The fraction of sp³-hybridized carbons (Fsp3) is 0.800. The van der Waals surface area contributed by atoms with E-state index in [9.17, 15) is 14.7 Å². The Morgan fingerprint density at radius 3 is 2.38 bits per heavy atom. The summed E-state index contributed by atoms with van der Waals surface area (Å²) < 4.78 is 4.84. The number of nitrogens with one attached hydrogen (secondary N) is 1. The van der Waals surface area contributed by atoms with Gasteiger partial charge in [-0.25, -0.2) is 4.79 Å². The molecule has 1 atom stereocenters. The number of amides is 1. The molecule has 0 spiro atoms. The monoisotopic (exact) mass is 249 g/mol. The summed E-state index contributed by atoms with van der Waals surface area (Å²) in [5.41, 5.74) is 0. The average Bonchev–Trinajstić information content (AvgIpc) is 2.17. The van der Waals surface area contributed by atoms with Gasteiger partial charge in [-0.1, -0.05) is 13.3 Å². The molecule has 0 aliphatic heterocycles. The maximum absolute atomic E-state index is 11.3. The van der Waals surface area contributed by atoms with Crippen LogP contribution in [0.25, 0.3) is 0 Å². The summed E-state index contributed by atoms with van der Waals surface area (Å²) in [5, 5.41) is 13.3. The first-order chi connectivity index (χ1) is 7.34. The second-order valence-corrected chi connectivity index (χ2v) is 6.20. The van der Waals surface area contributed by atoms with Crippen molar-refractivity contribution in [2.45, 2.75) is 31.6 Å². The van der Waals surface area contributed by atoms with Crippen molar-refractivity contribution >= 4 is 23.0 Å². The molecule has 0 aromatic rings. The first-order valence-corrected chi connectivity index (χ1v) is 7.12. The molecule has 16 heavy (non-hydrogen) atoms. The third kappa shape index (κ3) is 4.30. The third-order valence-electron chi connectivity index (χ3n) is 2.28. The van der Waals surface area contributed by atoms with E-state index < -0.39 is 27.8 Å². The van der Waals surface area contributed by atoms with E-state index in [0.29, 0.717) is 6.61 Å². The van der Waals surface area contributed by atoms with Crippen LogP contribution in [0.3, 0.4) is 0 Å². The number of aliphatic carboxylic acids is 1. The number of rotatable bonds is 6. The zero-order valence-corrected chi connectivity index (χ0v) is 11.0. The van der Waals surface area contributed by atoms with Gasteiger partial charge in [0.25, 0.3) is 0 Å². The molecule has 94 valence electrons. The minimum Gasteiger partial charge on any atom is -0.543 e. The molecule has 0 radical (unpaired) electrons. The van der Waals surface area contributed by atoms with Gasteiger partial charge in [0.1, 0.15) is 18.5 Å². The molecule has 1 N–H and O–H groups in total. The number of ether oxygens (including phenoxy) is 1. The van der Waals surface area contributed by atoms with E-state index in [2.05, 4.69) is 5.32 Å².